The highest BCUT2D eigenvalue weighted by Crippen LogP contribution is 2.02. The van der Waals surface area contributed by atoms with E-state index in [-0.39, 0.29) is 11.9 Å². The van der Waals surface area contributed by atoms with E-state index in [4.69, 9.17) is 4.74 Å². The molecule has 2 rings (SSSR count). The van der Waals surface area contributed by atoms with Gasteiger partial charge < -0.3 is 10.1 Å². The van der Waals surface area contributed by atoms with Crippen LogP contribution in [-0.2, 0) is 9.53 Å². The lowest BCUT2D eigenvalue weighted by molar-refractivity contribution is -0.121. The van der Waals surface area contributed by atoms with Crippen LogP contribution in [0.4, 0.5) is 0 Å². The van der Waals surface area contributed by atoms with Crippen LogP contribution in [0, 0.1) is 0 Å². The van der Waals surface area contributed by atoms with Crippen LogP contribution in [0.1, 0.15) is 19.3 Å². The van der Waals surface area contributed by atoms with Crippen molar-refractivity contribution in [2.45, 2.75) is 25.3 Å². The lowest BCUT2D eigenvalue weighted by atomic mass is 10.2. The van der Waals surface area contributed by atoms with E-state index in [0.717, 1.165) is 52.4 Å². The summed E-state index contributed by atoms with van der Waals surface area (Å²) in [5, 5.41) is 6.09. The third-order valence-electron chi connectivity index (χ3n) is 3.62. The zero-order valence-electron chi connectivity index (χ0n) is 11.6. The van der Waals surface area contributed by atoms with E-state index in [1.165, 1.54) is 12.8 Å². The number of hydrogen-bond acceptors (Lipinski definition) is 4. The number of carbonyl (C=O) groups is 1. The standard InChI is InChI=1S/C14H25N3O2/c18-14(13-5-4-7-15-13)16-6-2-1-3-8-17-9-11-19-12-10-17/h4-5,13,15H,1-3,6-12H2,(H,16,18)/t13-/m1/s1. The maximum absolute atomic E-state index is 11.7. The first-order chi connectivity index (χ1) is 9.36. The van der Waals surface area contributed by atoms with E-state index in [1.807, 2.05) is 12.2 Å². The fourth-order valence-electron chi connectivity index (χ4n) is 2.43. The summed E-state index contributed by atoms with van der Waals surface area (Å²) < 4.78 is 5.32. The third-order valence-corrected chi connectivity index (χ3v) is 3.62. The van der Waals surface area contributed by atoms with Crippen molar-refractivity contribution in [1.29, 1.82) is 0 Å². The number of ether oxygens (including phenoxy) is 1. The molecule has 0 unspecified atom stereocenters. The van der Waals surface area contributed by atoms with Gasteiger partial charge in [0.15, 0.2) is 0 Å². The van der Waals surface area contributed by atoms with E-state index in [0.29, 0.717) is 0 Å². The van der Waals surface area contributed by atoms with Gasteiger partial charge in [-0.2, -0.15) is 0 Å². The monoisotopic (exact) mass is 267 g/mol. The van der Waals surface area contributed by atoms with Gasteiger partial charge in [0.1, 0.15) is 6.04 Å². The number of amides is 1. The summed E-state index contributed by atoms with van der Waals surface area (Å²) in [5.41, 5.74) is 0. The molecule has 108 valence electrons. The van der Waals surface area contributed by atoms with Crippen molar-refractivity contribution in [3.63, 3.8) is 0 Å². The third kappa shape index (κ3) is 5.30. The van der Waals surface area contributed by atoms with E-state index in [9.17, 15) is 4.79 Å². The topological polar surface area (TPSA) is 53.6 Å². The number of rotatable bonds is 7. The molecule has 0 aliphatic carbocycles. The van der Waals surface area contributed by atoms with Gasteiger partial charge >= 0.3 is 0 Å². The van der Waals surface area contributed by atoms with Gasteiger partial charge in [-0.1, -0.05) is 18.6 Å². The zero-order chi connectivity index (χ0) is 13.3. The Labute approximate surface area is 115 Å². The first-order valence-corrected chi connectivity index (χ1v) is 7.34. The second kappa shape index (κ2) is 8.30. The van der Waals surface area contributed by atoms with Crippen molar-refractivity contribution in [3.8, 4) is 0 Å². The molecule has 0 aromatic rings. The molecule has 5 nitrogen and oxygen atoms in total. The van der Waals surface area contributed by atoms with Gasteiger partial charge in [0.05, 0.1) is 13.2 Å². The average Bonchev–Trinajstić information content (AvgIpc) is 2.98. The lowest BCUT2D eigenvalue weighted by Gasteiger charge is -2.26. The van der Waals surface area contributed by atoms with E-state index in [1.54, 1.807) is 0 Å². The molecule has 0 aromatic carbocycles. The molecular weight excluding hydrogens is 242 g/mol. The molecule has 2 aliphatic rings. The number of morpholine rings is 1. The van der Waals surface area contributed by atoms with Gasteiger partial charge in [0.25, 0.3) is 0 Å². The highest BCUT2D eigenvalue weighted by Gasteiger charge is 2.16. The van der Waals surface area contributed by atoms with Gasteiger partial charge in [0.2, 0.25) is 5.91 Å². The van der Waals surface area contributed by atoms with Crippen LogP contribution in [0.25, 0.3) is 0 Å². The van der Waals surface area contributed by atoms with Crippen LogP contribution in [0.3, 0.4) is 0 Å². The Balaban J connectivity index is 1.43. The Hall–Kier alpha value is -0.910. The maximum Gasteiger partial charge on any atom is 0.241 e. The Morgan fingerprint density at radius 2 is 2.16 bits per heavy atom. The summed E-state index contributed by atoms with van der Waals surface area (Å²) in [6.07, 6.45) is 7.36. The second-order valence-electron chi connectivity index (χ2n) is 5.12. The molecule has 5 heteroatoms. The first kappa shape index (κ1) is 14.5. The molecule has 2 N–H and O–H groups in total. The molecular formula is C14H25N3O2. The molecule has 0 bridgehead atoms. The van der Waals surface area contributed by atoms with Crippen molar-refractivity contribution in [2.24, 2.45) is 0 Å². The molecule has 19 heavy (non-hydrogen) atoms. The Morgan fingerprint density at radius 1 is 1.32 bits per heavy atom. The molecule has 1 amide bonds. The van der Waals surface area contributed by atoms with Gasteiger partial charge in [-0.05, 0) is 19.4 Å². The van der Waals surface area contributed by atoms with Crippen LogP contribution in [-0.4, -0.2) is 62.8 Å². The van der Waals surface area contributed by atoms with Crippen LogP contribution >= 0.6 is 0 Å². The van der Waals surface area contributed by atoms with E-state index >= 15 is 0 Å². The van der Waals surface area contributed by atoms with E-state index < -0.39 is 0 Å². The summed E-state index contributed by atoms with van der Waals surface area (Å²) in [4.78, 5) is 14.1. The molecule has 2 aliphatic heterocycles. The van der Waals surface area contributed by atoms with Crippen molar-refractivity contribution < 1.29 is 9.53 Å². The van der Waals surface area contributed by atoms with Crippen LogP contribution in [0.5, 0.6) is 0 Å². The molecule has 1 atom stereocenters. The van der Waals surface area contributed by atoms with Crippen molar-refractivity contribution in [3.05, 3.63) is 12.2 Å². The Morgan fingerprint density at radius 3 is 2.89 bits per heavy atom. The number of unbranched alkanes of at least 4 members (excludes halogenated alkanes) is 2. The molecule has 0 radical (unpaired) electrons. The predicted molar refractivity (Wildman–Crippen MR) is 75.1 cm³/mol. The summed E-state index contributed by atoms with van der Waals surface area (Å²) in [6, 6.07) is -0.117. The fourth-order valence-corrected chi connectivity index (χ4v) is 2.43. The first-order valence-electron chi connectivity index (χ1n) is 7.34. The quantitative estimate of drug-likeness (QED) is 0.509. The Kier molecular flexibility index (Phi) is 6.33. The number of carbonyl (C=O) groups excluding carboxylic acids is 1. The van der Waals surface area contributed by atoms with Gasteiger partial charge in [-0.15, -0.1) is 0 Å². The van der Waals surface area contributed by atoms with Crippen molar-refractivity contribution in [2.75, 3.05) is 45.9 Å². The minimum Gasteiger partial charge on any atom is -0.379 e. The number of nitrogens with one attached hydrogen (secondary N) is 2. The SMILES string of the molecule is O=C(NCCCCCN1CCOCC1)[C@H]1C=CCN1. The number of hydrogen-bond donors (Lipinski definition) is 2. The fraction of sp³-hybridized carbons (Fsp3) is 0.786. The summed E-state index contributed by atoms with van der Waals surface area (Å²) in [5.74, 6) is 0.0990. The molecule has 1 saturated heterocycles. The minimum atomic E-state index is -0.117. The van der Waals surface area contributed by atoms with Crippen molar-refractivity contribution >= 4 is 5.91 Å². The number of nitrogens with zero attached hydrogens (tertiary/aromatic N) is 1. The normalized spacial score (nSPS) is 23.7. The van der Waals surface area contributed by atoms with Gasteiger partial charge in [-0.25, -0.2) is 0 Å². The summed E-state index contributed by atoms with van der Waals surface area (Å²) in [7, 11) is 0. The average molecular weight is 267 g/mol. The largest absolute Gasteiger partial charge is 0.379 e. The van der Waals surface area contributed by atoms with Gasteiger partial charge in [0, 0.05) is 26.2 Å². The highest BCUT2D eigenvalue weighted by atomic mass is 16.5. The summed E-state index contributed by atoms with van der Waals surface area (Å²) in [6.45, 7) is 6.62. The Bertz CT molecular complexity index is 301. The lowest BCUT2D eigenvalue weighted by Crippen LogP contribution is -2.40. The molecule has 2 heterocycles. The maximum atomic E-state index is 11.7. The van der Waals surface area contributed by atoms with E-state index in [2.05, 4.69) is 15.5 Å². The molecule has 1 fully saturated rings. The summed E-state index contributed by atoms with van der Waals surface area (Å²) >= 11 is 0. The van der Waals surface area contributed by atoms with Crippen LogP contribution in [0.2, 0.25) is 0 Å². The van der Waals surface area contributed by atoms with Crippen molar-refractivity contribution in [1.82, 2.24) is 15.5 Å². The second-order valence-corrected chi connectivity index (χ2v) is 5.12. The smallest absolute Gasteiger partial charge is 0.241 e. The predicted octanol–water partition coefficient (Wildman–Crippen LogP) is 0.133. The molecule has 0 spiro atoms. The highest BCUT2D eigenvalue weighted by molar-refractivity contribution is 5.84. The zero-order valence-corrected chi connectivity index (χ0v) is 11.6. The minimum absolute atomic E-state index is 0.0990. The van der Waals surface area contributed by atoms with Gasteiger partial charge in [-0.3, -0.25) is 15.0 Å². The molecule has 0 saturated carbocycles. The molecule has 0 aromatic heterocycles. The van der Waals surface area contributed by atoms with Crippen LogP contribution < -0.4 is 10.6 Å². The van der Waals surface area contributed by atoms with Crippen LogP contribution in [0.15, 0.2) is 12.2 Å².